The second-order valence-corrected chi connectivity index (χ2v) is 5.93. The summed E-state index contributed by atoms with van der Waals surface area (Å²) >= 11 is 0. The molecule has 3 rings (SSSR count). The van der Waals surface area contributed by atoms with Gasteiger partial charge in [0.05, 0.1) is 0 Å². The zero-order valence-electron chi connectivity index (χ0n) is 12.9. The fraction of sp³-hybridized carbons (Fsp3) is 0.389. The van der Waals surface area contributed by atoms with Crippen LogP contribution in [-0.2, 0) is 0 Å². The van der Waals surface area contributed by atoms with Gasteiger partial charge in [0, 0.05) is 49.9 Å². The summed E-state index contributed by atoms with van der Waals surface area (Å²) < 4.78 is 0. The Kier molecular flexibility index (Phi) is 4.09. The maximum absolute atomic E-state index is 4.09. The zero-order chi connectivity index (χ0) is 14.7. The highest BCUT2D eigenvalue weighted by molar-refractivity contribution is 5.52. The molecule has 0 amide bonds. The number of hydrogen-bond acceptors (Lipinski definition) is 3. The van der Waals surface area contributed by atoms with E-state index in [4.69, 9.17) is 0 Å². The predicted octanol–water partition coefficient (Wildman–Crippen LogP) is 3.53. The van der Waals surface area contributed by atoms with E-state index in [2.05, 4.69) is 65.0 Å². The van der Waals surface area contributed by atoms with E-state index in [-0.39, 0.29) is 0 Å². The molecule has 0 spiro atoms. The minimum atomic E-state index is 0.600. The summed E-state index contributed by atoms with van der Waals surface area (Å²) in [6, 6.07) is 13.2. The molecule has 0 N–H and O–H groups in total. The lowest BCUT2D eigenvalue weighted by molar-refractivity contribution is 0.653. The standard InChI is InChI=1S/C18H23N3/c1-15(2)16-3-5-17(6-4-16)20-11-13-21(14-12-20)18-7-9-19-10-8-18/h3-10,15H,11-14H2,1-2H3. The van der Waals surface area contributed by atoms with E-state index < -0.39 is 0 Å². The van der Waals surface area contributed by atoms with Crippen molar-refractivity contribution >= 4 is 11.4 Å². The second kappa shape index (κ2) is 6.17. The lowest BCUT2D eigenvalue weighted by atomic mass is 10.0. The third kappa shape index (κ3) is 3.18. The van der Waals surface area contributed by atoms with Crippen LogP contribution >= 0.6 is 0 Å². The summed E-state index contributed by atoms with van der Waals surface area (Å²) in [4.78, 5) is 8.99. The molecule has 1 aliphatic heterocycles. The molecule has 1 aliphatic rings. The van der Waals surface area contributed by atoms with Gasteiger partial charge in [0.15, 0.2) is 0 Å². The Balaban J connectivity index is 1.63. The molecule has 110 valence electrons. The number of pyridine rings is 1. The van der Waals surface area contributed by atoms with Crippen molar-refractivity contribution in [3.05, 3.63) is 54.4 Å². The van der Waals surface area contributed by atoms with Crippen LogP contribution in [0.4, 0.5) is 11.4 Å². The Morgan fingerprint density at radius 3 is 1.71 bits per heavy atom. The van der Waals surface area contributed by atoms with Crippen molar-refractivity contribution in [3.8, 4) is 0 Å². The number of piperazine rings is 1. The monoisotopic (exact) mass is 281 g/mol. The summed E-state index contributed by atoms with van der Waals surface area (Å²) in [5, 5.41) is 0. The molecule has 2 aromatic rings. The lowest BCUT2D eigenvalue weighted by Crippen LogP contribution is -2.46. The quantitative estimate of drug-likeness (QED) is 0.858. The highest BCUT2D eigenvalue weighted by Crippen LogP contribution is 2.22. The van der Waals surface area contributed by atoms with Crippen LogP contribution in [-0.4, -0.2) is 31.2 Å². The zero-order valence-corrected chi connectivity index (χ0v) is 12.9. The van der Waals surface area contributed by atoms with Gasteiger partial charge in [-0.15, -0.1) is 0 Å². The minimum Gasteiger partial charge on any atom is -0.368 e. The lowest BCUT2D eigenvalue weighted by Gasteiger charge is -2.37. The van der Waals surface area contributed by atoms with E-state index in [1.54, 1.807) is 0 Å². The van der Waals surface area contributed by atoms with Gasteiger partial charge in [0.25, 0.3) is 0 Å². The van der Waals surface area contributed by atoms with Crippen LogP contribution in [0.25, 0.3) is 0 Å². The van der Waals surface area contributed by atoms with Crippen molar-refractivity contribution in [3.63, 3.8) is 0 Å². The fourth-order valence-electron chi connectivity index (χ4n) is 2.85. The molecule has 2 heterocycles. The van der Waals surface area contributed by atoms with Crippen LogP contribution in [0.2, 0.25) is 0 Å². The summed E-state index contributed by atoms with van der Waals surface area (Å²) in [6.45, 7) is 8.75. The van der Waals surface area contributed by atoms with E-state index in [0.717, 1.165) is 26.2 Å². The summed E-state index contributed by atoms with van der Waals surface area (Å²) in [5.41, 5.74) is 4.03. The Morgan fingerprint density at radius 1 is 0.762 bits per heavy atom. The average molecular weight is 281 g/mol. The summed E-state index contributed by atoms with van der Waals surface area (Å²) in [6.07, 6.45) is 3.73. The number of hydrogen-bond donors (Lipinski definition) is 0. The third-order valence-electron chi connectivity index (χ3n) is 4.23. The predicted molar refractivity (Wildman–Crippen MR) is 89.2 cm³/mol. The van der Waals surface area contributed by atoms with Crippen LogP contribution in [0.1, 0.15) is 25.3 Å². The Hall–Kier alpha value is -2.03. The topological polar surface area (TPSA) is 19.4 Å². The second-order valence-electron chi connectivity index (χ2n) is 5.93. The Labute approximate surface area is 127 Å². The first-order valence-electron chi connectivity index (χ1n) is 7.74. The van der Waals surface area contributed by atoms with Crippen molar-refractivity contribution < 1.29 is 0 Å². The Bertz CT molecular complexity index is 555. The highest BCUT2D eigenvalue weighted by atomic mass is 15.3. The Morgan fingerprint density at radius 2 is 1.24 bits per heavy atom. The molecular formula is C18H23N3. The van der Waals surface area contributed by atoms with Gasteiger partial charge < -0.3 is 9.80 Å². The van der Waals surface area contributed by atoms with Crippen LogP contribution in [0, 0.1) is 0 Å². The molecule has 0 radical (unpaired) electrons. The minimum absolute atomic E-state index is 0.600. The van der Waals surface area contributed by atoms with Gasteiger partial charge in [-0.2, -0.15) is 0 Å². The average Bonchev–Trinajstić information content (AvgIpc) is 2.56. The van der Waals surface area contributed by atoms with Gasteiger partial charge in [0.1, 0.15) is 0 Å². The maximum Gasteiger partial charge on any atom is 0.0398 e. The molecule has 3 heteroatoms. The molecule has 1 fully saturated rings. The maximum atomic E-state index is 4.09. The molecule has 0 bridgehead atoms. The van der Waals surface area contributed by atoms with Crippen molar-refractivity contribution in [2.75, 3.05) is 36.0 Å². The smallest absolute Gasteiger partial charge is 0.0398 e. The molecule has 0 aliphatic carbocycles. The van der Waals surface area contributed by atoms with Gasteiger partial charge in [0.2, 0.25) is 0 Å². The van der Waals surface area contributed by atoms with Gasteiger partial charge in [-0.25, -0.2) is 0 Å². The van der Waals surface area contributed by atoms with E-state index in [1.807, 2.05) is 12.4 Å². The molecule has 1 saturated heterocycles. The molecule has 1 aromatic heterocycles. The molecule has 0 saturated carbocycles. The van der Waals surface area contributed by atoms with Gasteiger partial charge in [-0.3, -0.25) is 4.98 Å². The number of benzene rings is 1. The van der Waals surface area contributed by atoms with Crippen molar-refractivity contribution in [1.82, 2.24) is 4.98 Å². The van der Waals surface area contributed by atoms with Crippen LogP contribution in [0.15, 0.2) is 48.8 Å². The van der Waals surface area contributed by atoms with Crippen molar-refractivity contribution in [1.29, 1.82) is 0 Å². The van der Waals surface area contributed by atoms with Crippen molar-refractivity contribution in [2.45, 2.75) is 19.8 Å². The SMILES string of the molecule is CC(C)c1ccc(N2CCN(c3ccncc3)CC2)cc1. The normalized spacial score (nSPS) is 15.6. The first-order valence-corrected chi connectivity index (χ1v) is 7.74. The molecule has 1 aromatic carbocycles. The molecule has 21 heavy (non-hydrogen) atoms. The summed E-state index contributed by atoms with van der Waals surface area (Å²) in [5.74, 6) is 0.600. The van der Waals surface area contributed by atoms with Crippen LogP contribution < -0.4 is 9.80 Å². The van der Waals surface area contributed by atoms with Crippen LogP contribution in [0.3, 0.4) is 0 Å². The number of aromatic nitrogens is 1. The van der Waals surface area contributed by atoms with E-state index in [9.17, 15) is 0 Å². The molecular weight excluding hydrogens is 258 g/mol. The van der Waals surface area contributed by atoms with Crippen LogP contribution in [0.5, 0.6) is 0 Å². The fourth-order valence-corrected chi connectivity index (χ4v) is 2.85. The van der Waals surface area contributed by atoms with E-state index in [0.29, 0.717) is 5.92 Å². The number of anilines is 2. The molecule has 0 unspecified atom stereocenters. The highest BCUT2D eigenvalue weighted by Gasteiger charge is 2.17. The van der Waals surface area contributed by atoms with Gasteiger partial charge in [-0.1, -0.05) is 26.0 Å². The third-order valence-corrected chi connectivity index (χ3v) is 4.23. The molecule has 0 atom stereocenters. The van der Waals surface area contributed by atoms with E-state index >= 15 is 0 Å². The number of rotatable bonds is 3. The van der Waals surface area contributed by atoms with Crippen molar-refractivity contribution in [2.24, 2.45) is 0 Å². The summed E-state index contributed by atoms with van der Waals surface area (Å²) in [7, 11) is 0. The first kappa shape index (κ1) is 13.9. The van der Waals surface area contributed by atoms with Gasteiger partial charge in [-0.05, 0) is 35.7 Å². The number of nitrogens with zero attached hydrogens (tertiary/aromatic N) is 3. The van der Waals surface area contributed by atoms with Gasteiger partial charge >= 0.3 is 0 Å². The van der Waals surface area contributed by atoms with E-state index in [1.165, 1.54) is 16.9 Å². The first-order chi connectivity index (χ1) is 10.2. The largest absolute Gasteiger partial charge is 0.368 e. The molecule has 3 nitrogen and oxygen atoms in total.